The van der Waals surface area contributed by atoms with Gasteiger partial charge in [-0.05, 0) is 91.3 Å². The minimum absolute atomic E-state index is 0.156. The van der Waals surface area contributed by atoms with Crippen LogP contribution in [0.25, 0.3) is 77.7 Å². The summed E-state index contributed by atoms with van der Waals surface area (Å²) in [6, 6.07) is 49.8. The molecule has 2 aromatic heterocycles. The summed E-state index contributed by atoms with van der Waals surface area (Å²) in [6.07, 6.45) is 3.65. The van der Waals surface area contributed by atoms with Crippen LogP contribution in [0.15, 0.2) is 152 Å². The maximum absolute atomic E-state index is 5.16. The number of fused-ring (bicyclic) bond motifs is 5. The van der Waals surface area contributed by atoms with E-state index >= 15 is 0 Å². The third-order valence-electron chi connectivity index (χ3n) is 9.75. The summed E-state index contributed by atoms with van der Waals surface area (Å²) in [5, 5.41) is 4.88. The van der Waals surface area contributed by atoms with Gasteiger partial charge in [0.2, 0.25) is 0 Å². The van der Waals surface area contributed by atoms with Gasteiger partial charge < -0.3 is 0 Å². The molecule has 8 aromatic rings. The first kappa shape index (κ1) is 27.4. The first-order valence-corrected chi connectivity index (χ1v) is 16.1. The largest absolute Gasteiger partial charge is 0.264 e. The summed E-state index contributed by atoms with van der Waals surface area (Å²) in [7, 11) is 0. The van der Waals surface area contributed by atoms with Crippen LogP contribution in [0, 0.1) is 0 Å². The summed E-state index contributed by atoms with van der Waals surface area (Å²) in [5.74, 6) is 0.700. The minimum Gasteiger partial charge on any atom is -0.264 e. The molecule has 222 valence electrons. The number of hydrogen-bond donors (Lipinski definition) is 0. The molecule has 0 aliphatic heterocycles. The van der Waals surface area contributed by atoms with Gasteiger partial charge in [0.1, 0.15) is 0 Å². The molecule has 0 unspecified atom stereocenters. The molecule has 0 atom stereocenters. The van der Waals surface area contributed by atoms with E-state index in [0.717, 1.165) is 33.5 Å². The van der Waals surface area contributed by atoms with E-state index in [2.05, 4.69) is 128 Å². The predicted molar refractivity (Wildman–Crippen MR) is 194 cm³/mol. The van der Waals surface area contributed by atoms with Crippen molar-refractivity contribution in [1.29, 1.82) is 0 Å². The van der Waals surface area contributed by atoms with E-state index in [1.807, 2.05) is 36.5 Å². The van der Waals surface area contributed by atoms with E-state index in [1.54, 1.807) is 6.20 Å². The summed E-state index contributed by atoms with van der Waals surface area (Å²) >= 11 is 0. The van der Waals surface area contributed by atoms with Gasteiger partial charge in [0, 0.05) is 34.5 Å². The van der Waals surface area contributed by atoms with Gasteiger partial charge in [-0.3, -0.25) is 4.98 Å². The van der Waals surface area contributed by atoms with Crippen LogP contribution in [0.1, 0.15) is 25.0 Å². The van der Waals surface area contributed by atoms with Gasteiger partial charge in [-0.25, -0.2) is 9.97 Å². The van der Waals surface area contributed by atoms with Crippen molar-refractivity contribution in [3.8, 4) is 56.2 Å². The van der Waals surface area contributed by atoms with E-state index in [9.17, 15) is 0 Å². The zero-order chi connectivity index (χ0) is 31.5. The maximum atomic E-state index is 5.16. The van der Waals surface area contributed by atoms with Crippen LogP contribution >= 0.6 is 0 Å². The Bertz CT molecular complexity index is 2420. The van der Waals surface area contributed by atoms with Crippen molar-refractivity contribution in [2.75, 3.05) is 0 Å². The van der Waals surface area contributed by atoms with E-state index in [1.165, 1.54) is 49.5 Å². The lowest BCUT2D eigenvalue weighted by atomic mass is 9.78. The highest BCUT2D eigenvalue weighted by atomic mass is 14.9. The Morgan fingerprint density at radius 2 is 1.09 bits per heavy atom. The second-order valence-corrected chi connectivity index (χ2v) is 12.9. The molecule has 0 radical (unpaired) electrons. The molecule has 2 heterocycles. The van der Waals surface area contributed by atoms with E-state index in [4.69, 9.17) is 9.97 Å². The van der Waals surface area contributed by atoms with Crippen molar-refractivity contribution >= 4 is 21.5 Å². The Balaban J connectivity index is 1.25. The fourth-order valence-corrected chi connectivity index (χ4v) is 7.51. The number of nitrogens with zero attached hydrogens (tertiary/aromatic N) is 3. The van der Waals surface area contributed by atoms with Crippen LogP contribution in [0.2, 0.25) is 0 Å². The molecule has 0 N–H and O–H groups in total. The second-order valence-electron chi connectivity index (χ2n) is 12.9. The molecule has 0 amide bonds. The van der Waals surface area contributed by atoms with Crippen LogP contribution < -0.4 is 0 Å². The van der Waals surface area contributed by atoms with Crippen molar-refractivity contribution in [3.05, 3.63) is 163 Å². The van der Waals surface area contributed by atoms with Gasteiger partial charge in [0.15, 0.2) is 5.82 Å². The average molecular weight is 602 g/mol. The molecule has 0 fully saturated rings. The van der Waals surface area contributed by atoms with Crippen molar-refractivity contribution in [3.63, 3.8) is 0 Å². The molecule has 3 heteroatoms. The van der Waals surface area contributed by atoms with Crippen LogP contribution in [-0.2, 0) is 5.41 Å². The van der Waals surface area contributed by atoms with Gasteiger partial charge >= 0.3 is 0 Å². The zero-order valence-corrected chi connectivity index (χ0v) is 26.3. The zero-order valence-electron chi connectivity index (χ0n) is 26.3. The van der Waals surface area contributed by atoms with Crippen molar-refractivity contribution in [2.45, 2.75) is 19.3 Å². The second kappa shape index (κ2) is 10.6. The highest BCUT2D eigenvalue weighted by Gasteiger charge is 2.38. The van der Waals surface area contributed by atoms with Crippen molar-refractivity contribution in [2.24, 2.45) is 0 Å². The Kier molecular flexibility index (Phi) is 6.16. The van der Waals surface area contributed by atoms with Crippen LogP contribution in [0.5, 0.6) is 0 Å². The normalized spacial score (nSPS) is 13.1. The summed E-state index contributed by atoms with van der Waals surface area (Å²) in [5.41, 5.74) is 12.5. The molecule has 47 heavy (non-hydrogen) atoms. The Labute approximate surface area is 274 Å². The number of hydrogen-bond acceptors (Lipinski definition) is 3. The first-order valence-electron chi connectivity index (χ1n) is 16.1. The summed E-state index contributed by atoms with van der Waals surface area (Å²) < 4.78 is 0. The molecule has 9 rings (SSSR count). The lowest BCUT2D eigenvalue weighted by molar-refractivity contribution is 0.663. The quantitative estimate of drug-likeness (QED) is 0.201. The molecular formula is C44H31N3. The van der Waals surface area contributed by atoms with Gasteiger partial charge in [-0.2, -0.15) is 0 Å². The number of rotatable bonds is 4. The minimum atomic E-state index is -0.156. The lowest BCUT2D eigenvalue weighted by Gasteiger charge is -2.25. The fraction of sp³-hybridized carbons (Fsp3) is 0.0682. The lowest BCUT2D eigenvalue weighted by Crippen LogP contribution is -2.16. The van der Waals surface area contributed by atoms with Gasteiger partial charge in [-0.15, -0.1) is 0 Å². The molecule has 3 nitrogen and oxygen atoms in total. The maximum Gasteiger partial charge on any atom is 0.161 e. The first-order chi connectivity index (χ1) is 23.1. The van der Waals surface area contributed by atoms with E-state index in [0.29, 0.717) is 5.82 Å². The fourth-order valence-electron chi connectivity index (χ4n) is 7.51. The Morgan fingerprint density at radius 3 is 1.83 bits per heavy atom. The molecule has 1 aliphatic carbocycles. The number of pyridine rings is 1. The topological polar surface area (TPSA) is 38.7 Å². The number of benzene rings is 6. The molecule has 0 bridgehead atoms. The highest BCUT2D eigenvalue weighted by molar-refractivity contribution is 6.06. The Hall–Kier alpha value is -5.93. The molecule has 1 aliphatic rings. The third-order valence-corrected chi connectivity index (χ3v) is 9.75. The van der Waals surface area contributed by atoms with Crippen LogP contribution in [0.4, 0.5) is 0 Å². The summed E-state index contributed by atoms with van der Waals surface area (Å²) in [6.45, 7) is 4.74. The monoisotopic (exact) mass is 601 g/mol. The van der Waals surface area contributed by atoms with E-state index < -0.39 is 0 Å². The van der Waals surface area contributed by atoms with Crippen LogP contribution in [0.3, 0.4) is 0 Å². The molecular weight excluding hydrogens is 571 g/mol. The predicted octanol–water partition coefficient (Wildman–Crippen LogP) is 11.2. The third kappa shape index (κ3) is 4.39. The number of aromatic nitrogens is 3. The van der Waals surface area contributed by atoms with E-state index in [-0.39, 0.29) is 5.41 Å². The SMILES string of the molecule is CC1(C)c2cc3ccccc3cc2-c2cccc(-c3ccc(-c4nc(-c5ccccc5)cc(-c5cccnc5)n4)c4ccccc34)c21. The van der Waals surface area contributed by atoms with Crippen molar-refractivity contribution < 1.29 is 0 Å². The van der Waals surface area contributed by atoms with Crippen LogP contribution in [-0.4, -0.2) is 15.0 Å². The smallest absolute Gasteiger partial charge is 0.161 e. The molecule has 0 spiro atoms. The summed E-state index contributed by atoms with van der Waals surface area (Å²) in [4.78, 5) is 14.7. The van der Waals surface area contributed by atoms with Gasteiger partial charge in [0.25, 0.3) is 0 Å². The molecule has 0 saturated heterocycles. The van der Waals surface area contributed by atoms with Gasteiger partial charge in [-0.1, -0.05) is 117 Å². The standard InChI is InChI=1S/C44H31N3/c1-44(2)39-25-30-15-7-6-14-29(30)24-38(39)36-20-10-19-35(42(36)44)34-21-22-37(33-18-9-8-17-32(33)34)43-46-40(28-12-4-3-5-13-28)26-41(47-43)31-16-11-23-45-27-31/h3-27H,1-2H3. The molecule has 6 aromatic carbocycles. The molecule has 0 saturated carbocycles. The Morgan fingerprint density at radius 1 is 0.468 bits per heavy atom. The van der Waals surface area contributed by atoms with Crippen molar-refractivity contribution in [1.82, 2.24) is 15.0 Å². The highest BCUT2D eigenvalue weighted by Crippen LogP contribution is 2.54. The van der Waals surface area contributed by atoms with Gasteiger partial charge in [0.05, 0.1) is 11.4 Å². The average Bonchev–Trinajstić information content (AvgIpc) is 3.36.